The fourth-order valence-electron chi connectivity index (χ4n) is 2.83. The molecule has 1 saturated heterocycles. The number of nitrogens with zero attached hydrogens (tertiary/aromatic N) is 3. The predicted octanol–water partition coefficient (Wildman–Crippen LogP) is 2.40. The largest absolute Gasteiger partial charge is 0.378 e. The van der Waals surface area contributed by atoms with Crippen LogP contribution in [0.4, 0.5) is 0 Å². The van der Waals surface area contributed by atoms with Crippen LogP contribution in [-0.4, -0.2) is 54.7 Å². The Morgan fingerprint density at radius 2 is 2.13 bits per heavy atom. The van der Waals surface area contributed by atoms with Gasteiger partial charge in [0.25, 0.3) is 0 Å². The maximum atomic E-state index is 5.73. The maximum absolute atomic E-state index is 5.73. The van der Waals surface area contributed by atoms with Gasteiger partial charge in [-0.3, -0.25) is 9.98 Å². The molecule has 0 bridgehead atoms. The van der Waals surface area contributed by atoms with Gasteiger partial charge >= 0.3 is 0 Å². The summed E-state index contributed by atoms with van der Waals surface area (Å²) in [5.74, 6) is 1.03. The monoisotopic (exact) mass is 318 g/mol. The van der Waals surface area contributed by atoms with E-state index in [1.165, 1.54) is 5.56 Å². The lowest BCUT2D eigenvalue weighted by atomic mass is 10.1. The summed E-state index contributed by atoms with van der Waals surface area (Å²) in [5.41, 5.74) is 2.30. The zero-order chi connectivity index (χ0) is 16.5. The minimum Gasteiger partial charge on any atom is -0.378 e. The summed E-state index contributed by atoms with van der Waals surface area (Å²) in [4.78, 5) is 11.5. The molecule has 0 atom stereocenters. The van der Waals surface area contributed by atoms with Crippen LogP contribution in [0.25, 0.3) is 0 Å². The second kappa shape index (κ2) is 9.50. The number of rotatable bonds is 6. The number of piperidine rings is 1. The summed E-state index contributed by atoms with van der Waals surface area (Å²) in [5, 5.41) is 3.41. The lowest BCUT2D eigenvalue weighted by molar-refractivity contribution is 0.0264. The number of likely N-dealkylation sites (tertiary alicyclic amines) is 1. The van der Waals surface area contributed by atoms with Crippen LogP contribution in [-0.2, 0) is 11.2 Å². The Hall–Kier alpha value is -1.62. The van der Waals surface area contributed by atoms with E-state index < -0.39 is 0 Å². The number of hydrogen-bond acceptors (Lipinski definition) is 3. The van der Waals surface area contributed by atoms with Gasteiger partial charge in [-0.25, -0.2) is 0 Å². The predicted molar refractivity (Wildman–Crippen MR) is 94.9 cm³/mol. The molecule has 1 aromatic rings. The van der Waals surface area contributed by atoms with Crippen molar-refractivity contribution in [2.75, 3.05) is 32.8 Å². The number of aryl methyl sites for hydroxylation is 1. The van der Waals surface area contributed by atoms with Crippen LogP contribution >= 0.6 is 0 Å². The summed E-state index contributed by atoms with van der Waals surface area (Å²) in [6.45, 7) is 10.7. The van der Waals surface area contributed by atoms with Crippen LogP contribution in [0.15, 0.2) is 23.3 Å². The van der Waals surface area contributed by atoms with Crippen LogP contribution in [0.3, 0.4) is 0 Å². The number of aliphatic imine (C=N–C) groups is 1. The zero-order valence-electron chi connectivity index (χ0n) is 14.7. The molecule has 0 saturated carbocycles. The van der Waals surface area contributed by atoms with Crippen molar-refractivity contribution in [2.24, 2.45) is 4.99 Å². The van der Waals surface area contributed by atoms with E-state index in [-0.39, 0.29) is 0 Å². The molecule has 1 aliphatic rings. The molecular weight excluding hydrogens is 288 g/mol. The van der Waals surface area contributed by atoms with Gasteiger partial charge in [0.1, 0.15) is 0 Å². The standard InChI is InChI=1S/C18H30N4O/c1-4-19-18(22-12-9-17(10-13-22)23-5-2)20-11-8-16-7-6-15(3)21-14-16/h6-7,14,17H,4-5,8-13H2,1-3H3,(H,19,20). The molecule has 1 aliphatic heterocycles. The van der Waals surface area contributed by atoms with Gasteiger partial charge in [-0.15, -0.1) is 0 Å². The molecule has 1 fully saturated rings. The highest BCUT2D eigenvalue weighted by Crippen LogP contribution is 2.13. The van der Waals surface area contributed by atoms with Crippen molar-refractivity contribution in [3.05, 3.63) is 29.6 Å². The first-order valence-electron chi connectivity index (χ1n) is 8.79. The van der Waals surface area contributed by atoms with Crippen molar-refractivity contribution in [1.29, 1.82) is 0 Å². The Morgan fingerprint density at radius 1 is 1.35 bits per heavy atom. The molecule has 1 N–H and O–H groups in total. The van der Waals surface area contributed by atoms with E-state index in [4.69, 9.17) is 9.73 Å². The average molecular weight is 318 g/mol. The Kier molecular flexibility index (Phi) is 7.33. The number of aromatic nitrogens is 1. The first kappa shape index (κ1) is 17.7. The van der Waals surface area contributed by atoms with E-state index in [1.54, 1.807) is 0 Å². The molecular formula is C18H30N4O. The Labute approximate surface area is 140 Å². The zero-order valence-corrected chi connectivity index (χ0v) is 14.7. The third-order valence-electron chi connectivity index (χ3n) is 4.11. The highest BCUT2D eigenvalue weighted by Gasteiger charge is 2.21. The molecule has 0 aromatic carbocycles. The number of hydrogen-bond donors (Lipinski definition) is 1. The summed E-state index contributed by atoms with van der Waals surface area (Å²) in [6.07, 6.45) is 5.46. The first-order valence-corrected chi connectivity index (χ1v) is 8.79. The molecule has 128 valence electrons. The molecule has 0 aliphatic carbocycles. The van der Waals surface area contributed by atoms with Gasteiger partial charge in [0, 0.05) is 44.7 Å². The van der Waals surface area contributed by atoms with E-state index in [1.807, 2.05) is 13.1 Å². The first-order chi connectivity index (χ1) is 11.2. The van der Waals surface area contributed by atoms with Crippen LogP contribution in [0.2, 0.25) is 0 Å². The molecule has 0 spiro atoms. The van der Waals surface area contributed by atoms with Crippen LogP contribution < -0.4 is 5.32 Å². The molecule has 1 aromatic heterocycles. The highest BCUT2D eigenvalue weighted by atomic mass is 16.5. The van der Waals surface area contributed by atoms with Crippen molar-refractivity contribution < 1.29 is 4.74 Å². The molecule has 0 unspecified atom stereocenters. The average Bonchev–Trinajstić information content (AvgIpc) is 2.57. The molecule has 2 rings (SSSR count). The SMILES string of the molecule is CCNC(=NCCc1ccc(C)nc1)N1CCC(OCC)CC1. The number of ether oxygens (including phenoxy) is 1. The third-order valence-corrected chi connectivity index (χ3v) is 4.11. The molecule has 5 heteroatoms. The van der Waals surface area contributed by atoms with Crippen LogP contribution in [0, 0.1) is 6.92 Å². The minimum absolute atomic E-state index is 0.415. The van der Waals surface area contributed by atoms with E-state index in [0.29, 0.717) is 6.10 Å². The van der Waals surface area contributed by atoms with Gasteiger partial charge in [-0.05, 0) is 51.7 Å². The second-order valence-corrected chi connectivity index (χ2v) is 5.94. The van der Waals surface area contributed by atoms with Gasteiger partial charge in [-0.2, -0.15) is 0 Å². The molecule has 0 radical (unpaired) electrons. The Morgan fingerprint density at radius 3 is 2.74 bits per heavy atom. The third kappa shape index (κ3) is 5.82. The summed E-state index contributed by atoms with van der Waals surface area (Å²) < 4.78 is 5.73. The van der Waals surface area contributed by atoms with Crippen molar-refractivity contribution >= 4 is 5.96 Å². The minimum atomic E-state index is 0.415. The lowest BCUT2D eigenvalue weighted by Crippen LogP contribution is -2.47. The van der Waals surface area contributed by atoms with Gasteiger partial charge in [0.05, 0.1) is 6.10 Å². The number of pyridine rings is 1. The molecule has 23 heavy (non-hydrogen) atoms. The fourth-order valence-corrected chi connectivity index (χ4v) is 2.83. The van der Waals surface area contributed by atoms with E-state index >= 15 is 0 Å². The quantitative estimate of drug-likeness (QED) is 0.646. The number of nitrogens with one attached hydrogen (secondary N) is 1. The van der Waals surface area contributed by atoms with E-state index in [2.05, 4.69) is 41.2 Å². The van der Waals surface area contributed by atoms with Gasteiger partial charge in [-0.1, -0.05) is 6.07 Å². The summed E-state index contributed by atoms with van der Waals surface area (Å²) in [7, 11) is 0. The second-order valence-electron chi connectivity index (χ2n) is 5.94. The van der Waals surface area contributed by atoms with Gasteiger partial charge < -0.3 is 15.0 Å². The topological polar surface area (TPSA) is 49.8 Å². The lowest BCUT2D eigenvalue weighted by Gasteiger charge is -2.34. The molecule has 2 heterocycles. The Bertz CT molecular complexity index is 478. The summed E-state index contributed by atoms with van der Waals surface area (Å²) in [6, 6.07) is 4.20. The van der Waals surface area contributed by atoms with Crippen molar-refractivity contribution in [3.63, 3.8) is 0 Å². The van der Waals surface area contributed by atoms with E-state index in [0.717, 1.165) is 63.7 Å². The highest BCUT2D eigenvalue weighted by molar-refractivity contribution is 5.80. The smallest absolute Gasteiger partial charge is 0.193 e. The molecule has 0 amide bonds. The van der Waals surface area contributed by atoms with Crippen LogP contribution in [0.5, 0.6) is 0 Å². The van der Waals surface area contributed by atoms with Crippen molar-refractivity contribution in [2.45, 2.75) is 46.1 Å². The summed E-state index contributed by atoms with van der Waals surface area (Å²) >= 11 is 0. The maximum Gasteiger partial charge on any atom is 0.193 e. The van der Waals surface area contributed by atoms with Gasteiger partial charge in [0.15, 0.2) is 5.96 Å². The van der Waals surface area contributed by atoms with Gasteiger partial charge in [0.2, 0.25) is 0 Å². The van der Waals surface area contributed by atoms with Crippen molar-refractivity contribution in [3.8, 4) is 0 Å². The molecule has 5 nitrogen and oxygen atoms in total. The normalized spacial score (nSPS) is 16.7. The Balaban J connectivity index is 1.86. The van der Waals surface area contributed by atoms with Crippen molar-refractivity contribution in [1.82, 2.24) is 15.2 Å². The van der Waals surface area contributed by atoms with E-state index in [9.17, 15) is 0 Å². The number of guanidine groups is 1. The van der Waals surface area contributed by atoms with Crippen LogP contribution in [0.1, 0.15) is 37.9 Å². The fraction of sp³-hybridized carbons (Fsp3) is 0.667.